The van der Waals surface area contributed by atoms with Crippen LogP contribution in [0.4, 0.5) is 0 Å². The molecule has 1 aliphatic heterocycles. The lowest BCUT2D eigenvalue weighted by molar-refractivity contribution is 0.389. The van der Waals surface area contributed by atoms with Crippen LogP contribution in [0, 0.1) is 11.8 Å². The monoisotopic (exact) mass is 724 g/mol. The van der Waals surface area contributed by atoms with Crippen LogP contribution in [-0.4, -0.2) is 9.97 Å². The van der Waals surface area contributed by atoms with Crippen molar-refractivity contribution in [3.8, 4) is 17.0 Å². The summed E-state index contributed by atoms with van der Waals surface area (Å²) in [6.07, 6.45) is 37.9. The molecule has 3 heteroatoms. The molecule has 3 nitrogen and oxygen atoms in total. The van der Waals surface area contributed by atoms with Crippen molar-refractivity contribution in [2.45, 2.75) is 56.8 Å². The molecular weight excluding hydrogens is 681 g/mol. The molecule has 56 heavy (non-hydrogen) atoms. The fraction of sp³-hybridized carbons (Fsp3) is 0.208. The van der Waals surface area contributed by atoms with Crippen LogP contribution in [0.15, 0.2) is 175 Å². The third-order valence-electron chi connectivity index (χ3n) is 13.0. The number of aromatic nitrogens is 2. The van der Waals surface area contributed by atoms with E-state index in [0.29, 0.717) is 11.8 Å². The van der Waals surface area contributed by atoms with Gasteiger partial charge in [0.05, 0.1) is 16.8 Å². The van der Waals surface area contributed by atoms with Gasteiger partial charge in [0.25, 0.3) is 0 Å². The molecule has 6 aliphatic carbocycles. The smallest absolute Gasteiger partial charge is 0.160 e. The van der Waals surface area contributed by atoms with Crippen molar-refractivity contribution in [3.63, 3.8) is 0 Å². The Balaban J connectivity index is 1.10. The predicted molar refractivity (Wildman–Crippen MR) is 229 cm³/mol. The van der Waals surface area contributed by atoms with Gasteiger partial charge >= 0.3 is 0 Å². The lowest BCUT2D eigenvalue weighted by Crippen LogP contribution is -2.37. The molecule has 1 aromatic heterocycles. The minimum absolute atomic E-state index is 0.353. The number of hydrogen-bond acceptors (Lipinski definition) is 3. The zero-order valence-corrected chi connectivity index (χ0v) is 31.6. The number of ether oxygens (including phenoxy) is 1. The van der Waals surface area contributed by atoms with Gasteiger partial charge in [-0.25, -0.2) is 9.97 Å². The number of benzene rings is 3. The van der Waals surface area contributed by atoms with Crippen LogP contribution >= 0.6 is 0 Å². The van der Waals surface area contributed by atoms with E-state index < -0.39 is 0 Å². The number of nitrogens with zero attached hydrogens (tertiary/aromatic N) is 2. The van der Waals surface area contributed by atoms with E-state index in [4.69, 9.17) is 14.7 Å². The van der Waals surface area contributed by atoms with Gasteiger partial charge in [0.2, 0.25) is 0 Å². The average Bonchev–Trinajstić information content (AvgIpc) is 3.57. The molecule has 11 rings (SSSR count). The van der Waals surface area contributed by atoms with Crippen LogP contribution < -0.4 is 4.74 Å². The van der Waals surface area contributed by atoms with Gasteiger partial charge in [0, 0.05) is 22.3 Å². The Bertz CT molecular complexity index is 2630. The highest BCUT2D eigenvalue weighted by Crippen LogP contribution is 2.63. The van der Waals surface area contributed by atoms with Gasteiger partial charge in [-0.1, -0.05) is 146 Å². The molecule has 3 unspecified atom stereocenters. The maximum absolute atomic E-state index is 7.19. The summed E-state index contributed by atoms with van der Waals surface area (Å²) in [7, 11) is 0. The Labute approximate surface area is 330 Å². The predicted octanol–water partition coefficient (Wildman–Crippen LogP) is 12.9. The van der Waals surface area contributed by atoms with E-state index in [1.807, 2.05) is 0 Å². The summed E-state index contributed by atoms with van der Waals surface area (Å²) in [4.78, 5) is 10.8. The quantitative estimate of drug-likeness (QED) is 0.206. The van der Waals surface area contributed by atoms with Crippen molar-refractivity contribution in [1.82, 2.24) is 9.97 Å². The highest BCUT2D eigenvalue weighted by Gasteiger charge is 2.53. The SMILES string of the molecule is C1=CCC(C2CC=CC=C2c2cc(-c3ccccc3C3=CCCC4=C3Oc3ccccc3C43C4=C(C=CCC4)c4ccccc43)nc(C3=CCCC=C3)n2)C=C1. The van der Waals surface area contributed by atoms with Gasteiger partial charge < -0.3 is 4.74 Å². The molecule has 0 fully saturated rings. The minimum atomic E-state index is -0.358. The Morgan fingerprint density at radius 3 is 2.29 bits per heavy atom. The fourth-order valence-electron chi connectivity index (χ4n) is 10.5. The lowest BCUT2D eigenvalue weighted by atomic mass is 9.61. The maximum Gasteiger partial charge on any atom is 0.160 e. The molecule has 7 aliphatic rings. The fourth-order valence-corrected chi connectivity index (χ4v) is 10.5. The van der Waals surface area contributed by atoms with Crippen molar-refractivity contribution < 1.29 is 4.74 Å². The zero-order chi connectivity index (χ0) is 37.1. The second-order valence-corrected chi connectivity index (χ2v) is 15.9. The topological polar surface area (TPSA) is 35.0 Å². The van der Waals surface area contributed by atoms with E-state index in [1.54, 1.807) is 0 Å². The van der Waals surface area contributed by atoms with Crippen molar-refractivity contribution in [2.24, 2.45) is 11.8 Å². The number of allylic oxidation sites excluding steroid dienone is 19. The summed E-state index contributed by atoms with van der Waals surface area (Å²) in [5, 5.41) is 0. The first kappa shape index (κ1) is 33.3. The highest BCUT2D eigenvalue weighted by molar-refractivity contribution is 5.95. The number of rotatable bonds is 5. The molecule has 0 saturated heterocycles. The summed E-state index contributed by atoms with van der Waals surface area (Å²) in [6, 6.07) is 29.0. The molecular formula is C53H44N2O. The Hall–Kier alpha value is -6.06. The molecule has 0 amide bonds. The van der Waals surface area contributed by atoms with Gasteiger partial charge in [0.15, 0.2) is 5.82 Å². The Morgan fingerprint density at radius 1 is 0.625 bits per heavy atom. The highest BCUT2D eigenvalue weighted by atomic mass is 16.5. The average molecular weight is 725 g/mol. The van der Waals surface area contributed by atoms with Crippen LogP contribution in [0.3, 0.4) is 0 Å². The van der Waals surface area contributed by atoms with Gasteiger partial charge in [-0.15, -0.1) is 0 Å². The largest absolute Gasteiger partial charge is 0.456 e. The van der Waals surface area contributed by atoms with Gasteiger partial charge in [-0.2, -0.15) is 0 Å². The first-order valence-electron chi connectivity index (χ1n) is 20.6. The standard InChI is InChI=1S/C53H44N2O/c1-3-18-35(19-4-1)37-22-7-9-26-41(37)48-34-49(55-52(54-48)36-20-5-2-6-21-36)42-27-10-8-23-38(42)43-28-17-32-47-51(43)56-50-33-16-15-31-46(50)53(47)44-29-13-11-24-39(44)40-25-12-14-30-45(40)53/h1,3-5,7-13,15-16,18,20-21,23-29,31,33-35,37H,2,6,14,17,19,22,30,32H2. The number of fused-ring (bicyclic) bond motifs is 7. The van der Waals surface area contributed by atoms with Crippen molar-refractivity contribution in [2.75, 3.05) is 0 Å². The summed E-state index contributed by atoms with van der Waals surface area (Å²) >= 11 is 0. The van der Waals surface area contributed by atoms with Crippen LogP contribution in [0.1, 0.15) is 85.1 Å². The minimum Gasteiger partial charge on any atom is -0.456 e. The van der Waals surface area contributed by atoms with E-state index >= 15 is 0 Å². The van der Waals surface area contributed by atoms with Gasteiger partial charge in [-0.3, -0.25) is 0 Å². The van der Waals surface area contributed by atoms with E-state index in [2.05, 4.69) is 158 Å². The normalized spacial score (nSPS) is 24.2. The second-order valence-electron chi connectivity index (χ2n) is 15.9. The lowest BCUT2D eigenvalue weighted by Gasteiger charge is -2.44. The molecule has 0 radical (unpaired) electrons. The summed E-state index contributed by atoms with van der Waals surface area (Å²) in [5.41, 5.74) is 15.7. The van der Waals surface area contributed by atoms with E-state index in [-0.39, 0.29) is 5.41 Å². The molecule has 272 valence electrons. The molecule has 3 aromatic carbocycles. The third-order valence-corrected chi connectivity index (χ3v) is 13.0. The van der Waals surface area contributed by atoms with Crippen LogP contribution in [0.5, 0.6) is 5.75 Å². The van der Waals surface area contributed by atoms with Gasteiger partial charge in [-0.05, 0) is 114 Å². The second kappa shape index (κ2) is 13.6. The van der Waals surface area contributed by atoms with Crippen molar-refractivity contribution >= 4 is 22.3 Å². The zero-order valence-electron chi connectivity index (χ0n) is 31.6. The van der Waals surface area contributed by atoms with Crippen LogP contribution in [0.2, 0.25) is 0 Å². The molecule has 3 atom stereocenters. The first-order chi connectivity index (χ1) is 27.8. The Kier molecular flexibility index (Phi) is 8.09. The third kappa shape index (κ3) is 5.17. The van der Waals surface area contributed by atoms with E-state index in [9.17, 15) is 0 Å². The van der Waals surface area contributed by atoms with Crippen LogP contribution in [0.25, 0.3) is 33.5 Å². The Morgan fingerprint density at radius 2 is 1.41 bits per heavy atom. The molecule has 0 saturated carbocycles. The molecule has 2 heterocycles. The summed E-state index contributed by atoms with van der Waals surface area (Å²) in [5.74, 6) is 3.54. The molecule has 4 aromatic rings. The van der Waals surface area contributed by atoms with Crippen molar-refractivity contribution in [1.29, 1.82) is 0 Å². The number of para-hydroxylation sites is 1. The van der Waals surface area contributed by atoms with Crippen LogP contribution in [-0.2, 0) is 5.41 Å². The molecule has 0 bridgehead atoms. The van der Waals surface area contributed by atoms with E-state index in [0.717, 1.165) is 102 Å². The molecule has 0 N–H and O–H groups in total. The summed E-state index contributed by atoms with van der Waals surface area (Å²) < 4.78 is 7.19. The van der Waals surface area contributed by atoms with E-state index in [1.165, 1.54) is 39.0 Å². The molecule has 1 spiro atoms. The van der Waals surface area contributed by atoms with Gasteiger partial charge in [0.1, 0.15) is 11.5 Å². The summed E-state index contributed by atoms with van der Waals surface area (Å²) in [6.45, 7) is 0. The maximum atomic E-state index is 7.19. The number of hydrogen-bond donors (Lipinski definition) is 0. The van der Waals surface area contributed by atoms with Crippen molar-refractivity contribution in [3.05, 3.63) is 209 Å². The first-order valence-corrected chi connectivity index (χ1v) is 20.6.